The molecule has 3 aliphatic heterocycles. The van der Waals surface area contributed by atoms with Crippen LogP contribution in [0, 0.1) is 0 Å². The van der Waals surface area contributed by atoms with Crippen LogP contribution in [0.5, 0.6) is 11.5 Å². The molecule has 2 aromatic rings. The molecule has 2 fully saturated rings. The van der Waals surface area contributed by atoms with Crippen molar-refractivity contribution < 1.29 is 31.5 Å². The zero-order chi connectivity index (χ0) is 20.5. The first kappa shape index (κ1) is 21.6. The van der Waals surface area contributed by atoms with Gasteiger partial charge in [-0.1, -0.05) is 30.3 Å². The van der Waals surface area contributed by atoms with Gasteiger partial charge in [0.15, 0.2) is 11.5 Å². The van der Waals surface area contributed by atoms with Crippen molar-refractivity contribution in [2.75, 3.05) is 44.3 Å². The zero-order valence-corrected chi connectivity index (χ0v) is 18.0. The smallest absolute Gasteiger partial charge is 0.251 e. The maximum absolute atomic E-state index is 13.1. The number of ether oxygens (including phenoxy) is 2. The van der Waals surface area contributed by atoms with Gasteiger partial charge in [-0.15, -0.1) is 0 Å². The molecule has 2 aromatic carbocycles. The molecule has 164 valence electrons. The molecule has 31 heavy (non-hydrogen) atoms. The fraction of sp³-hybridized carbons (Fsp3) is 0.391. The van der Waals surface area contributed by atoms with E-state index in [9.17, 15) is 9.59 Å². The second kappa shape index (κ2) is 9.26. The summed E-state index contributed by atoms with van der Waals surface area (Å²) in [7, 11) is 0. The number of benzene rings is 2. The maximum atomic E-state index is 13.1. The van der Waals surface area contributed by atoms with E-state index < -0.39 is 0 Å². The summed E-state index contributed by atoms with van der Waals surface area (Å²) in [6.07, 6.45) is 0.228. The van der Waals surface area contributed by atoms with Gasteiger partial charge in [-0.25, -0.2) is 4.90 Å². The predicted octanol–water partition coefficient (Wildman–Crippen LogP) is -1.09. The minimum absolute atomic E-state index is 0. The number of piperazine rings is 1. The lowest BCUT2D eigenvalue weighted by Crippen LogP contribution is -3.00. The molecule has 2 saturated heterocycles. The maximum Gasteiger partial charge on any atom is 0.251 e. The molecule has 8 heteroatoms. The molecule has 0 radical (unpaired) electrons. The SMILES string of the molecule is O=C1CC(N2CCN(Cc3ccccc3)CC2)C(=O)N1c1ccc2c(c1)OCCO2.[Cl-]. The molecule has 0 aromatic heterocycles. The van der Waals surface area contributed by atoms with Crippen molar-refractivity contribution in [3.05, 3.63) is 54.1 Å². The summed E-state index contributed by atoms with van der Waals surface area (Å²) in [6, 6.07) is 15.3. The third-order valence-corrected chi connectivity index (χ3v) is 6.00. The van der Waals surface area contributed by atoms with Crippen molar-refractivity contribution in [1.82, 2.24) is 9.80 Å². The van der Waals surface area contributed by atoms with Crippen molar-refractivity contribution in [3.8, 4) is 11.5 Å². The lowest BCUT2D eigenvalue weighted by molar-refractivity contribution is -0.123. The number of rotatable bonds is 4. The molecule has 5 rings (SSSR count). The van der Waals surface area contributed by atoms with Gasteiger partial charge in [0, 0.05) is 38.8 Å². The van der Waals surface area contributed by atoms with Gasteiger partial charge in [0.25, 0.3) is 5.91 Å². The van der Waals surface area contributed by atoms with Crippen LogP contribution in [0.3, 0.4) is 0 Å². The Hall–Kier alpha value is -2.61. The highest BCUT2D eigenvalue weighted by molar-refractivity contribution is 6.22. The van der Waals surface area contributed by atoms with Crippen LogP contribution < -0.4 is 26.8 Å². The van der Waals surface area contributed by atoms with Crippen molar-refractivity contribution in [2.45, 2.75) is 19.0 Å². The number of carbonyl (C=O) groups is 2. The quantitative estimate of drug-likeness (QED) is 0.561. The van der Waals surface area contributed by atoms with Crippen LogP contribution in [0.2, 0.25) is 0 Å². The number of nitrogens with zero attached hydrogens (tertiary/aromatic N) is 3. The summed E-state index contributed by atoms with van der Waals surface area (Å²) in [4.78, 5) is 31.7. The Balaban J connectivity index is 0.00000231. The third kappa shape index (κ3) is 4.39. The van der Waals surface area contributed by atoms with Crippen molar-refractivity contribution >= 4 is 17.5 Å². The average molecular weight is 443 g/mol. The summed E-state index contributed by atoms with van der Waals surface area (Å²) >= 11 is 0. The van der Waals surface area contributed by atoms with Gasteiger partial charge in [-0.3, -0.25) is 19.4 Å². The second-order valence-electron chi connectivity index (χ2n) is 7.91. The minimum Gasteiger partial charge on any atom is -1.00 e. The van der Waals surface area contributed by atoms with Gasteiger partial charge >= 0.3 is 0 Å². The Morgan fingerprint density at radius 3 is 2.32 bits per heavy atom. The Kier molecular flexibility index (Phi) is 6.46. The minimum atomic E-state index is -0.385. The fourth-order valence-corrected chi connectivity index (χ4v) is 4.42. The standard InChI is InChI=1S/C23H25N3O4.ClH/c27-22-15-19(25-10-8-24(9-11-25)16-17-4-2-1-3-5-17)23(28)26(22)18-6-7-20-21(14-18)30-13-12-29-20;/h1-7,14,19H,8-13,15-16H2;1H/p-1. The molecular weight excluding hydrogens is 418 g/mol. The van der Waals surface area contributed by atoms with E-state index in [1.807, 2.05) is 6.07 Å². The number of carbonyl (C=O) groups excluding carboxylic acids is 2. The summed E-state index contributed by atoms with van der Waals surface area (Å²) in [5, 5.41) is 0. The van der Waals surface area contributed by atoms with Crippen molar-refractivity contribution in [3.63, 3.8) is 0 Å². The number of fused-ring (bicyclic) bond motifs is 1. The van der Waals surface area contributed by atoms with E-state index in [0.29, 0.717) is 30.4 Å². The Bertz CT molecular complexity index is 947. The number of anilines is 1. The van der Waals surface area contributed by atoms with E-state index in [1.165, 1.54) is 10.5 Å². The molecule has 0 saturated carbocycles. The molecule has 1 unspecified atom stereocenters. The number of imide groups is 1. The van der Waals surface area contributed by atoms with Crippen LogP contribution in [0.15, 0.2) is 48.5 Å². The van der Waals surface area contributed by atoms with E-state index in [4.69, 9.17) is 9.47 Å². The van der Waals surface area contributed by atoms with Crippen LogP contribution in [0.25, 0.3) is 0 Å². The summed E-state index contributed by atoms with van der Waals surface area (Å²) in [5.74, 6) is 0.925. The van der Waals surface area contributed by atoms with Crippen LogP contribution in [-0.2, 0) is 16.1 Å². The monoisotopic (exact) mass is 442 g/mol. The van der Waals surface area contributed by atoms with Gasteiger partial charge in [0.05, 0.1) is 18.2 Å². The molecule has 3 aliphatic rings. The number of hydrogen-bond acceptors (Lipinski definition) is 6. The van der Waals surface area contributed by atoms with E-state index >= 15 is 0 Å². The summed E-state index contributed by atoms with van der Waals surface area (Å²) < 4.78 is 11.1. The number of amides is 2. The Morgan fingerprint density at radius 1 is 0.871 bits per heavy atom. The predicted molar refractivity (Wildman–Crippen MR) is 112 cm³/mol. The Labute approximate surface area is 187 Å². The molecular formula is C23H25ClN3O4-. The highest BCUT2D eigenvalue weighted by Gasteiger charge is 2.43. The third-order valence-electron chi connectivity index (χ3n) is 6.00. The summed E-state index contributed by atoms with van der Waals surface area (Å²) in [6.45, 7) is 5.22. The highest BCUT2D eigenvalue weighted by Crippen LogP contribution is 2.36. The molecule has 0 bridgehead atoms. The first-order valence-electron chi connectivity index (χ1n) is 10.5. The first-order valence-corrected chi connectivity index (χ1v) is 10.5. The first-order chi connectivity index (χ1) is 14.7. The average Bonchev–Trinajstić information content (AvgIpc) is 3.08. The van der Waals surface area contributed by atoms with Gasteiger partial charge in [-0.2, -0.15) is 0 Å². The van der Waals surface area contributed by atoms with Gasteiger partial charge in [0.1, 0.15) is 13.2 Å². The number of hydrogen-bond donors (Lipinski definition) is 0. The van der Waals surface area contributed by atoms with Crippen LogP contribution in [0.4, 0.5) is 5.69 Å². The van der Waals surface area contributed by atoms with Crippen LogP contribution in [-0.4, -0.2) is 67.0 Å². The van der Waals surface area contributed by atoms with Gasteiger partial charge in [0.2, 0.25) is 5.91 Å². The van der Waals surface area contributed by atoms with E-state index in [1.54, 1.807) is 18.2 Å². The van der Waals surface area contributed by atoms with E-state index in [-0.39, 0.29) is 36.7 Å². The van der Waals surface area contributed by atoms with Crippen LogP contribution in [0.1, 0.15) is 12.0 Å². The lowest BCUT2D eigenvalue weighted by Gasteiger charge is -2.37. The lowest BCUT2D eigenvalue weighted by atomic mass is 10.1. The van der Waals surface area contributed by atoms with Crippen LogP contribution >= 0.6 is 0 Å². The highest BCUT2D eigenvalue weighted by atomic mass is 35.5. The van der Waals surface area contributed by atoms with E-state index in [2.05, 4.69) is 34.1 Å². The molecule has 2 amide bonds. The van der Waals surface area contributed by atoms with Gasteiger partial charge in [-0.05, 0) is 17.7 Å². The molecule has 0 spiro atoms. The molecule has 0 N–H and O–H groups in total. The summed E-state index contributed by atoms with van der Waals surface area (Å²) in [5.41, 5.74) is 1.85. The fourth-order valence-electron chi connectivity index (χ4n) is 4.42. The Morgan fingerprint density at radius 2 is 1.58 bits per heavy atom. The molecule has 7 nitrogen and oxygen atoms in total. The topological polar surface area (TPSA) is 62.3 Å². The van der Waals surface area contributed by atoms with Crippen molar-refractivity contribution in [1.29, 1.82) is 0 Å². The van der Waals surface area contributed by atoms with Gasteiger partial charge < -0.3 is 21.9 Å². The zero-order valence-electron chi connectivity index (χ0n) is 17.2. The molecule has 3 heterocycles. The van der Waals surface area contributed by atoms with Crippen molar-refractivity contribution in [2.24, 2.45) is 0 Å². The number of halogens is 1. The molecule has 1 atom stereocenters. The molecule has 0 aliphatic carbocycles. The second-order valence-corrected chi connectivity index (χ2v) is 7.91. The normalized spacial score (nSPS) is 21.8. The van der Waals surface area contributed by atoms with E-state index in [0.717, 1.165) is 32.7 Å². The largest absolute Gasteiger partial charge is 1.00 e.